The first-order valence-electron chi connectivity index (χ1n) is 4.93. The molecule has 0 aliphatic carbocycles. The van der Waals surface area contributed by atoms with Gasteiger partial charge >= 0.3 is 0 Å². The lowest BCUT2D eigenvalue weighted by Gasteiger charge is -2.02. The number of para-hydroxylation sites is 1. The number of benzene rings is 1. The van der Waals surface area contributed by atoms with Crippen LogP contribution in [0.15, 0.2) is 30.5 Å². The molecule has 0 atom stereocenters. The molecule has 0 amide bonds. The molecule has 0 N–H and O–H groups in total. The van der Waals surface area contributed by atoms with E-state index in [0.717, 1.165) is 6.54 Å². The molecule has 14 heavy (non-hydrogen) atoms. The second kappa shape index (κ2) is 4.34. The highest BCUT2D eigenvalue weighted by molar-refractivity contribution is 14.1. The fourth-order valence-corrected chi connectivity index (χ4v) is 2.19. The van der Waals surface area contributed by atoms with Gasteiger partial charge in [-0.05, 0) is 25.0 Å². The van der Waals surface area contributed by atoms with Crippen LogP contribution in [-0.4, -0.2) is 8.99 Å². The molecule has 0 fully saturated rings. The zero-order valence-corrected chi connectivity index (χ0v) is 10.5. The molecule has 0 radical (unpaired) electrons. The standard InChI is InChI=1S/C12H14IN/c1-10-9-14(8-4-7-13)12-6-3-2-5-11(10)12/h2-3,5-6,9H,4,7-8H2,1H3. The van der Waals surface area contributed by atoms with Gasteiger partial charge in [0.25, 0.3) is 0 Å². The molecule has 0 aliphatic rings. The van der Waals surface area contributed by atoms with Crippen LogP contribution < -0.4 is 0 Å². The molecule has 0 saturated heterocycles. The lowest BCUT2D eigenvalue weighted by Crippen LogP contribution is -1.95. The first-order chi connectivity index (χ1) is 6.83. The van der Waals surface area contributed by atoms with Crippen molar-refractivity contribution in [2.75, 3.05) is 4.43 Å². The molecule has 1 heterocycles. The van der Waals surface area contributed by atoms with Crippen molar-refractivity contribution in [3.63, 3.8) is 0 Å². The summed E-state index contributed by atoms with van der Waals surface area (Å²) in [7, 11) is 0. The van der Waals surface area contributed by atoms with Crippen molar-refractivity contribution in [1.29, 1.82) is 0 Å². The van der Waals surface area contributed by atoms with E-state index < -0.39 is 0 Å². The first-order valence-corrected chi connectivity index (χ1v) is 6.46. The molecule has 1 aromatic carbocycles. The smallest absolute Gasteiger partial charge is 0.0483 e. The van der Waals surface area contributed by atoms with E-state index in [9.17, 15) is 0 Å². The van der Waals surface area contributed by atoms with Crippen LogP contribution in [0, 0.1) is 6.92 Å². The molecule has 0 unspecified atom stereocenters. The van der Waals surface area contributed by atoms with Crippen LogP contribution in [0.3, 0.4) is 0 Å². The molecular formula is C12H14IN. The van der Waals surface area contributed by atoms with Crippen molar-refractivity contribution < 1.29 is 0 Å². The Morgan fingerprint density at radius 2 is 2.07 bits per heavy atom. The molecule has 2 heteroatoms. The minimum atomic E-state index is 1.14. The zero-order chi connectivity index (χ0) is 9.97. The van der Waals surface area contributed by atoms with Gasteiger partial charge in [-0.25, -0.2) is 0 Å². The number of aromatic nitrogens is 1. The van der Waals surface area contributed by atoms with E-state index >= 15 is 0 Å². The zero-order valence-electron chi connectivity index (χ0n) is 8.33. The quantitative estimate of drug-likeness (QED) is 0.600. The summed E-state index contributed by atoms with van der Waals surface area (Å²) < 4.78 is 3.59. The van der Waals surface area contributed by atoms with Gasteiger partial charge in [-0.2, -0.15) is 0 Å². The van der Waals surface area contributed by atoms with E-state index in [0.29, 0.717) is 0 Å². The maximum absolute atomic E-state index is 2.43. The van der Waals surface area contributed by atoms with Crippen molar-refractivity contribution in [3.8, 4) is 0 Å². The summed E-state index contributed by atoms with van der Waals surface area (Å²) in [4.78, 5) is 0. The van der Waals surface area contributed by atoms with E-state index in [2.05, 4.69) is 64.5 Å². The van der Waals surface area contributed by atoms with E-state index in [-0.39, 0.29) is 0 Å². The lowest BCUT2D eigenvalue weighted by atomic mass is 10.2. The Morgan fingerprint density at radius 3 is 2.86 bits per heavy atom. The summed E-state index contributed by atoms with van der Waals surface area (Å²) in [5.74, 6) is 0. The van der Waals surface area contributed by atoms with Gasteiger partial charge in [-0.3, -0.25) is 0 Å². The monoisotopic (exact) mass is 299 g/mol. The Balaban J connectivity index is 2.44. The number of hydrogen-bond donors (Lipinski definition) is 0. The summed E-state index contributed by atoms with van der Waals surface area (Å²) in [5.41, 5.74) is 2.75. The van der Waals surface area contributed by atoms with Gasteiger partial charge in [0, 0.05) is 28.1 Å². The maximum Gasteiger partial charge on any atom is 0.0483 e. The molecule has 74 valence electrons. The van der Waals surface area contributed by atoms with Crippen molar-refractivity contribution in [2.45, 2.75) is 19.9 Å². The molecule has 1 nitrogen and oxygen atoms in total. The van der Waals surface area contributed by atoms with Gasteiger partial charge in [-0.1, -0.05) is 40.8 Å². The summed E-state index contributed by atoms with van der Waals surface area (Å²) in [6.07, 6.45) is 3.51. The minimum Gasteiger partial charge on any atom is -0.347 e. The van der Waals surface area contributed by atoms with Gasteiger partial charge in [0.15, 0.2) is 0 Å². The number of nitrogens with zero attached hydrogens (tertiary/aromatic N) is 1. The number of fused-ring (bicyclic) bond motifs is 1. The minimum absolute atomic E-state index is 1.14. The molecule has 0 saturated carbocycles. The van der Waals surface area contributed by atoms with Crippen molar-refractivity contribution in [2.24, 2.45) is 0 Å². The van der Waals surface area contributed by atoms with Crippen LogP contribution in [0.2, 0.25) is 0 Å². The SMILES string of the molecule is Cc1cn(CCCI)c2ccccc12. The van der Waals surface area contributed by atoms with E-state index in [4.69, 9.17) is 0 Å². The fraction of sp³-hybridized carbons (Fsp3) is 0.333. The molecule has 2 aromatic rings. The van der Waals surface area contributed by atoms with Crippen molar-refractivity contribution in [1.82, 2.24) is 4.57 Å². The molecule has 0 aliphatic heterocycles. The van der Waals surface area contributed by atoms with Gasteiger partial charge in [0.1, 0.15) is 0 Å². The highest BCUT2D eigenvalue weighted by atomic mass is 127. The molecule has 0 spiro atoms. The molecule has 1 aromatic heterocycles. The number of alkyl halides is 1. The average Bonchev–Trinajstić information content (AvgIpc) is 2.54. The van der Waals surface area contributed by atoms with Crippen LogP contribution in [0.5, 0.6) is 0 Å². The summed E-state index contributed by atoms with van der Waals surface area (Å²) >= 11 is 2.43. The summed E-state index contributed by atoms with van der Waals surface area (Å²) in [6, 6.07) is 8.63. The number of rotatable bonds is 3. The van der Waals surface area contributed by atoms with Crippen LogP contribution in [-0.2, 0) is 6.54 Å². The van der Waals surface area contributed by atoms with Gasteiger partial charge in [-0.15, -0.1) is 0 Å². The lowest BCUT2D eigenvalue weighted by molar-refractivity contribution is 0.712. The largest absolute Gasteiger partial charge is 0.347 e. The van der Waals surface area contributed by atoms with E-state index in [1.54, 1.807) is 0 Å². The van der Waals surface area contributed by atoms with Crippen LogP contribution >= 0.6 is 22.6 Å². The summed E-state index contributed by atoms with van der Waals surface area (Å²) in [6.45, 7) is 3.32. The van der Waals surface area contributed by atoms with Gasteiger partial charge in [0.2, 0.25) is 0 Å². The highest BCUT2D eigenvalue weighted by Gasteiger charge is 2.02. The topological polar surface area (TPSA) is 4.93 Å². The normalized spacial score (nSPS) is 11.0. The maximum atomic E-state index is 2.43. The Hall–Kier alpha value is -0.510. The van der Waals surface area contributed by atoms with Gasteiger partial charge < -0.3 is 4.57 Å². The van der Waals surface area contributed by atoms with E-state index in [1.807, 2.05) is 0 Å². The van der Waals surface area contributed by atoms with E-state index in [1.165, 1.54) is 27.3 Å². The predicted octanol–water partition coefficient (Wildman–Crippen LogP) is 3.77. The molecule has 0 bridgehead atoms. The predicted molar refractivity (Wildman–Crippen MR) is 70.2 cm³/mol. The van der Waals surface area contributed by atoms with Crippen LogP contribution in [0.4, 0.5) is 0 Å². The fourth-order valence-electron chi connectivity index (χ4n) is 1.85. The third-order valence-electron chi connectivity index (χ3n) is 2.52. The Kier molecular flexibility index (Phi) is 3.11. The van der Waals surface area contributed by atoms with Gasteiger partial charge in [0.05, 0.1) is 0 Å². The first kappa shape index (κ1) is 10.0. The Bertz CT molecular complexity index is 431. The average molecular weight is 299 g/mol. The van der Waals surface area contributed by atoms with Crippen LogP contribution in [0.25, 0.3) is 10.9 Å². The van der Waals surface area contributed by atoms with Crippen molar-refractivity contribution in [3.05, 3.63) is 36.0 Å². The third-order valence-corrected chi connectivity index (χ3v) is 3.28. The highest BCUT2D eigenvalue weighted by Crippen LogP contribution is 2.20. The molecule has 2 rings (SSSR count). The summed E-state index contributed by atoms with van der Waals surface area (Å²) in [5, 5.41) is 1.39. The van der Waals surface area contributed by atoms with Crippen LogP contribution in [0.1, 0.15) is 12.0 Å². The van der Waals surface area contributed by atoms with Crippen molar-refractivity contribution >= 4 is 33.5 Å². The number of aryl methyl sites for hydroxylation is 2. The Labute approximate surface area is 98.3 Å². The molecular weight excluding hydrogens is 285 g/mol. The third kappa shape index (κ3) is 1.80. The second-order valence-electron chi connectivity index (χ2n) is 3.57. The second-order valence-corrected chi connectivity index (χ2v) is 4.64. The Morgan fingerprint density at radius 1 is 1.29 bits per heavy atom. The number of halogens is 1. The number of hydrogen-bond acceptors (Lipinski definition) is 0.